The molecule has 0 atom stereocenters. The SMILES string of the molecule is CCS(=O)(=O)Nc1ccc(Cn2c(C)cc3ccccc32)cc1. The standard InChI is InChI=1S/C18H20N2O2S/c1-3-23(21,22)19-17-10-8-15(9-11-17)13-20-14(2)12-16-6-4-5-7-18(16)20/h4-12,19H,3,13H2,1-2H3. The van der Waals surface area contributed by atoms with E-state index < -0.39 is 10.0 Å². The summed E-state index contributed by atoms with van der Waals surface area (Å²) in [5.41, 5.74) is 4.15. The zero-order valence-corrected chi connectivity index (χ0v) is 14.1. The van der Waals surface area contributed by atoms with E-state index in [0.29, 0.717) is 5.69 Å². The highest BCUT2D eigenvalue weighted by Crippen LogP contribution is 2.21. The van der Waals surface area contributed by atoms with Crippen molar-refractivity contribution in [3.8, 4) is 0 Å². The van der Waals surface area contributed by atoms with Crippen molar-refractivity contribution in [1.82, 2.24) is 4.57 Å². The average molecular weight is 328 g/mol. The molecule has 120 valence electrons. The minimum atomic E-state index is -3.23. The van der Waals surface area contributed by atoms with E-state index in [1.54, 1.807) is 6.92 Å². The van der Waals surface area contributed by atoms with Crippen molar-refractivity contribution < 1.29 is 8.42 Å². The van der Waals surface area contributed by atoms with Gasteiger partial charge in [-0.15, -0.1) is 0 Å². The van der Waals surface area contributed by atoms with E-state index in [1.165, 1.54) is 16.6 Å². The summed E-state index contributed by atoms with van der Waals surface area (Å²) in [6.07, 6.45) is 0. The Hall–Kier alpha value is -2.27. The van der Waals surface area contributed by atoms with Crippen LogP contribution in [-0.4, -0.2) is 18.7 Å². The predicted molar refractivity (Wildman–Crippen MR) is 95.3 cm³/mol. The van der Waals surface area contributed by atoms with Gasteiger partial charge in [-0.3, -0.25) is 4.72 Å². The van der Waals surface area contributed by atoms with Gasteiger partial charge in [0, 0.05) is 23.4 Å². The van der Waals surface area contributed by atoms with Gasteiger partial charge in [-0.1, -0.05) is 30.3 Å². The van der Waals surface area contributed by atoms with Gasteiger partial charge in [0.25, 0.3) is 0 Å². The van der Waals surface area contributed by atoms with Crippen LogP contribution in [0.2, 0.25) is 0 Å². The molecule has 0 saturated carbocycles. The first-order chi connectivity index (χ1) is 11.0. The van der Waals surface area contributed by atoms with E-state index in [4.69, 9.17) is 0 Å². The zero-order chi connectivity index (χ0) is 16.4. The van der Waals surface area contributed by atoms with Gasteiger partial charge in [0.05, 0.1) is 5.75 Å². The second-order valence-corrected chi connectivity index (χ2v) is 7.64. The van der Waals surface area contributed by atoms with E-state index in [1.807, 2.05) is 36.4 Å². The van der Waals surface area contributed by atoms with Crippen LogP contribution in [-0.2, 0) is 16.6 Å². The van der Waals surface area contributed by atoms with Crippen molar-refractivity contribution in [3.63, 3.8) is 0 Å². The Morgan fingerprint density at radius 1 is 1.04 bits per heavy atom. The van der Waals surface area contributed by atoms with E-state index >= 15 is 0 Å². The lowest BCUT2D eigenvalue weighted by Crippen LogP contribution is -2.14. The number of aryl methyl sites for hydroxylation is 1. The summed E-state index contributed by atoms with van der Waals surface area (Å²) in [6.45, 7) is 4.49. The molecule has 0 fully saturated rings. The molecule has 0 radical (unpaired) electrons. The van der Waals surface area contributed by atoms with Crippen LogP contribution in [0.5, 0.6) is 0 Å². The van der Waals surface area contributed by atoms with Gasteiger partial charge in [-0.25, -0.2) is 8.42 Å². The molecular formula is C18H20N2O2S. The number of anilines is 1. The summed E-state index contributed by atoms with van der Waals surface area (Å²) >= 11 is 0. The van der Waals surface area contributed by atoms with Crippen molar-refractivity contribution in [2.75, 3.05) is 10.5 Å². The molecule has 0 amide bonds. The van der Waals surface area contributed by atoms with Crippen molar-refractivity contribution in [3.05, 3.63) is 65.9 Å². The molecule has 1 aromatic heterocycles. The monoisotopic (exact) mass is 328 g/mol. The molecule has 2 aromatic carbocycles. The first-order valence-corrected chi connectivity index (χ1v) is 9.28. The van der Waals surface area contributed by atoms with Crippen LogP contribution < -0.4 is 4.72 Å². The smallest absolute Gasteiger partial charge is 0.232 e. The first-order valence-electron chi connectivity index (χ1n) is 7.63. The molecule has 3 rings (SSSR count). The maximum absolute atomic E-state index is 11.6. The van der Waals surface area contributed by atoms with Crippen LogP contribution >= 0.6 is 0 Å². The summed E-state index contributed by atoms with van der Waals surface area (Å²) in [4.78, 5) is 0. The maximum Gasteiger partial charge on any atom is 0.232 e. The minimum absolute atomic E-state index is 0.0727. The summed E-state index contributed by atoms with van der Waals surface area (Å²) in [5.74, 6) is 0.0727. The predicted octanol–water partition coefficient (Wildman–Crippen LogP) is 3.76. The lowest BCUT2D eigenvalue weighted by molar-refractivity contribution is 0.602. The third-order valence-electron chi connectivity index (χ3n) is 3.97. The normalized spacial score (nSPS) is 11.7. The van der Waals surface area contributed by atoms with E-state index in [0.717, 1.165) is 12.1 Å². The average Bonchev–Trinajstić information content (AvgIpc) is 2.85. The Morgan fingerprint density at radius 2 is 1.74 bits per heavy atom. The first kappa shape index (κ1) is 15.6. The van der Waals surface area contributed by atoms with E-state index in [9.17, 15) is 8.42 Å². The molecule has 4 nitrogen and oxygen atoms in total. The summed E-state index contributed by atoms with van der Waals surface area (Å²) < 4.78 is 28.0. The lowest BCUT2D eigenvalue weighted by Gasteiger charge is -2.10. The number of rotatable bonds is 5. The molecule has 5 heteroatoms. The van der Waals surface area contributed by atoms with E-state index in [-0.39, 0.29) is 5.75 Å². The van der Waals surface area contributed by atoms with Gasteiger partial charge in [-0.05, 0) is 49.1 Å². The highest BCUT2D eigenvalue weighted by molar-refractivity contribution is 7.92. The Balaban J connectivity index is 1.84. The van der Waals surface area contributed by atoms with Crippen molar-refractivity contribution in [1.29, 1.82) is 0 Å². The fraction of sp³-hybridized carbons (Fsp3) is 0.222. The molecule has 0 unspecified atom stereocenters. The number of para-hydroxylation sites is 1. The zero-order valence-electron chi connectivity index (χ0n) is 13.3. The highest BCUT2D eigenvalue weighted by atomic mass is 32.2. The van der Waals surface area contributed by atoms with Gasteiger partial charge in [0.15, 0.2) is 0 Å². The highest BCUT2D eigenvalue weighted by Gasteiger charge is 2.08. The molecule has 1 N–H and O–H groups in total. The van der Waals surface area contributed by atoms with Crippen LogP contribution in [0.3, 0.4) is 0 Å². The summed E-state index contributed by atoms with van der Waals surface area (Å²) in [5, 5.41) is 1.23. The Labute approximate surface area is 136 Å². The minimum Gasteiger partial charge on any atom is -0.340 e. The molecule has 3 aromatic rings. The van der Waals surface area contributed by atoms with Crippen LogP contribution in [0.4, 0.5) is 5.69 Å². The van der Waals surface area contributed by atoms with Gasteiger partial charge in [0.1, 0.15) is 0 Å². The third kappa shape index (κ3) is 3.40. The molecule has 23 heavy (non-hydrogen) atoms. The molecular weight excluding hydrogens is 308 g/mol. The molecule has 0 spiro atoms. The molecule has 0 saturated heterocycles. The van der Waals surface area contributed by atoms with Crippen LogP contribution in [0.1, 0.15) is 18.2 Å². The Morgan fingerprint density at radius 3 is 2.43 bits per heavy atom. The number of nitrogens with zero attached hydrogens (tertiary/aromatic N) is 1. The molecule has 0 aliphatic carbocycles. The number of fused-ring (bicyclic) bond motifs is 1. The van der Waals surface area contributed by atoms with Crippen LogP contribution in [0, 0.1) is 6.92 Å². The maximum atomic E-state index is 11.6. The number of hydrogen-bond donors (Lipinski definition) is 1. The van der Waals surface area contributed by atoms with Gasteiger partial charge in [-0.2, -0.15) is 0 Å². The Bertz CT molecular complexity index is 925. The number of hydrogen-bond acceptors (Lipinski definition) is 2. The lowest BCUT2D eigenvalue weighted by atomic mass is 10.2. The van der Waals surface area contributed by atoms with E-state index in [2.05, 4.69) is 34.4 Å². The van der Waals surface area contributed by atoms with Crippen molar-refractivity contribution in [2.24, 2.45) is 0 Å². The fourth-order valence-electron chi connectivity index (χ4n) is 2.67. The topological polar surface area (TPSA) is 51.1 Å². The van der Waals surface area contributed by atoms with Crippen LogP contribution in [0.15, 0.2) is 54.6 Å². The van der Waals surface area contributed by atoms with Gasteiger partial charge >= 0.3 is 0 Å². The second kappa shape index (κ2) is 6.08. The number of nitrogens with one attached hydrogen (secondary N) is 1. The number of sulfonamides is 1. The summed E-state index contributed by atoms with van der Waals surface area (Å²) in [7, 11) is -3.23. The van der Waals surface area contributed by atoms with Crippen molar-refractivity contribution >= 4 is 26.6 Å². The van der Waals surface area contributed by atoms with Crippen molar-refractivity contribution in [2.45, 2.75) is 20.4 Å². The Kier molecular flexibility index (Phi) is 4.13. The number of aromatic nitrogens is 1. The molecule has 0 aliphatic rings. The molecule has 0 aliphatic heterocycles. The number of benzene rings is 2. The van der Waals surface area contributed by atoms with Crippen LogP contribution in [0.25, 0.3) is 10.9 Å². The largest absolute Gasteiger partial charge is 0.340 e. The summed E-state index contributed by atoms with van der Waals surface area (Å²) in [6, 6.07) is 18.0. The fourth-order valence-corrected chi connectivity index (χ4v) is 3.31. The quantitative estimate of drug-likeness (QED) is 0.775. The molecule has 1 heterocycles. The van der Waals surface area contributed by atoms with Gasteiger partial charge < -0.3 is 4.57 Å². The van der Waals surface area contributed by atoms with Gasteiger partial charge in [0.2, 0.25) is 10.0 Å². The molecule has 0 bridgehead atoms. The third-order valence-corrected chi connectivity index (χ3v) is 5.27. The second-order valence-electron chi connectivity index (χ2n) is 5.63.